The van der Waals surface area contributed by atoms with Gasteiger partial charge in [-0.05, 0) is 56.2 Å². The molecule has 2 fully saturated rings. The van der Waals surface area contributed by atoms with E-state index in [9.17, 15) is 4.39 Å². The SMILES string of the molecule is CC=C[C@H]1CO[C@H]([C@H]2CC[C@H](c3ccc(Cl)c(F)c3)CC2)OC1. The molecule has 1 aromatic carbocycles. The molecule has 2 aliphatic rings. The fraction of sp³-hybridized carbons (Fsp3) is 0.579. The lowest BCUT2D eigenvalue weighted by atomic mass is 9.78. The third-order valence-corrected chi connectivity index (χ3v) is 5.29. The average Bonchev–Trinajstić information content (AvgIpc) is 2.59. The monoisotopic (exact) mass is 338 g/mol. The summed E-state index contributed by atoms with van der Waals surface area (Å²) in [6.07, 6.45) is 8.35. The minimum absolute atomic E-state index is 0.0700. The second-order valence-electron chi connectivity index (χ2n) is 6.61. The summed E-state index contributed by atoms with van der Waals surface area (Å²) < 4.78 is 25.4. The topological polar surface area (TPSA) is 18.5 Å². The highest BCUT2D eigenvalue weighted by molar-refractivity contribution is 6.30. The first-order valence-electron chi connectivity index (χ1n) is 8.48. The fourth-order valence-electron chi connectivity index (χ4n) is 3.68. The molecular weight excluding hydrogens is 315 g/mol. The summed E-state index contributed by atoms with van der Waals surface area (Å²) in [5.74, 6) is 0.928. The molecule has 1 saturated heterocycles. The van der Waals surface area contributed by atoms with Crippen LogP contribution < -0.4 is 0 Å². The van der Waals surface area contributed by atoms with Crippen LogP contribution in [0.4, 0.5) is 4.39 Å². The quantitative estimate of drug-likeness (QED) is 0.694. The Labute approximate surface area is 142 Å². The molecule has 2 nitrogen and oxygen atoms in total. The van der Waals surface area contributed by atoms with Crippen LogP contribution in [-0.2, 0) is 9.47 Å². The van der Waals surface area contributed by atoms with Crippen molar-refractivity contribution >= 4 is 11.6 Å². The van der Waals surface area contributed by atoms with Gasteiger partial charge in [-0.15, -0.1) is 0 Å². The van der Waals surface area contributed by atoms with E-state index < -0.39 is 0 Å². The average molecular weight is 339 g/mol. The molecule has 0 aromatic heterocycles. The van der Waals surface area contributed by atoms with Gasteiger partial charge in [0.2, 0.25) is 0 Å². The van der Waals surface area contributed by atoms with Gasteiger partial charge >= 0.3 is 0 Å². The number of halogens is 2. The van der Waals surface area contributed by atoms with Crippen molar-refractivity contribution in [3.05, 3.63) is 46.8 Å². The van der Waals surface area contributed by atoms with E-state index in [2.05, 4.69) is 6.08 Å². The van der Waals surface area contributed by atoms with Crippen molar-refractivity contribution in [1.29, 1.82) is 0 Å². The number of hydrogen-bond donors (Lipinski definition) is 0. The Balaban J connectivity index is 1.51. The maximum Gasteiger partial charge on any atom is 0.160 e. The van der Waals surface area contributed by atoms with E-state index in [-0.39, 0.29) is 17.1 Å². The first-order chi connectivity index (χ1) is 11.2. The number of benzene rings is 1. The van der Waals surface area contributed by atoms with Crippen LogP contribution in [0.25, 0.3) is 0 Å². The molecular formula is C19H24ClFO2. The molecule has 126 valence electrons. The Bertz CT molecular complexity index is 544. The second-order valence-corrected chi connectivity index (χ2v) is 7.01. The van der Waals surface area contributed by atoms with E-state index in [0.29, 0.717) is 17.8 Å². The maximum atomic E-state index is 13.6. The predicted molar refractivity (Wildman–Crippen MR) is 90.1 cm³/mol. The van der Waals surface area contributed by atoms with Crippen molar-refractivity contribution in [2.24, 2.45) is 11.8 Å². The van der Waals surface area contributed by atoms with Crippen molar-refractivity contribution in [3.63, 3.8) is 0 Å². The lowest BCUT2D eigenvalue weighted by Crippen LogP contribution is -2.37. The van der Waals surface area contributed by atoms with E-state index in [1.807, 2.05) is 19.1 Å². The van der Waals surface area contributed by atoms with Crippen LogP contribution in [0.15, 0.2) is 30.4 Å². The minimum Gasteiger partial charge on any atom is -0.352 e. The molecule has 1 aliphatic carbocycles. The summed E-state index contributed by atoms with van der Waals surface area (Å²) in [7, 11) is 0. The predicted octanol–water partition coefficient (Wildman–Crippen LogP) is 5.32. The Kier molecular flexibility index (Phi) is 5.73. The van der Waals surface area contributed by atoms with Gasteiger partial charge in [0.15, 0.2) is 6.29 Å². The molecule has 3 rings (SSSR count). The molecule has 1 aliphatic heterocycles. The van der Waals surface area contributed by atoms with Crippen LogP contribution in [0.2, 0.25) is 5.02 Å². The van der Waals surface area contributed by atoms with Gasteiger partial charge in [-0.3, -0.25) is 0 Å². The van der Waals surface area contributed by atoms with Gasteiger partial charge in [0.25, 0.3) is 0 Å². The zero-order valence-electron chi connectivity index (χ0n) is 13.5. The molecule has 1 saturated carbocycles. The number of ether oxygens (including phenoxy) is 2. The highest BCUT2D eigenvalue weighted by Gasteiger charge is 2.32. The number of allylic oxidation sites excluding steroid dienone is 1. The van der Waals surface area contributed by atoms with Crippen molar-refractivity contribution in [2.75, 3.05) is 13.2 Å². The lowest BCUT2D eigenvalue weighted by Gasteiger charge is -2.37. The molecule has 1 aromatic rings. The van der Waals surface area contributed by atoms with E-state index >= 15 is 0 Å². The van der Waals surface area contributed by atoms with Crippen LogP contribution in [-0.4, -0.2) is 19.5 Å². The highest BCUT2D eigenvalue weighted by atomic mass is 35.5. The van der Waals surface area contributed by atoms with Gasteiger partial charge in [-0.2, -0.15) is 0 Å². The van der Waals surface area contributed by atoms with Crippen molar-refractivity contribution in [3.8, 4) is 0 Å². The molecule has 0 radical (unpaired) electrons. The normalized spacial score (nSPS) is 32.3. The zero-order chi connectivity index (χ0) is 16.2. The van der Waals surface area contributed by atoms with E-state index in [4.69, 9.17) is 21.1 Å². The van der Waals surface area contributed by atoms with Gasteiger partial charge in [-0.1, -0.05) is 29.8 Å². The lowest BCUT2D eigenvalue weighted by molar-refractivity contribution is -0.222. The molecule has 0 atom stereocenters. The van der Waals surface area contributed by atoms with Crippen molar-refractivity contribution in [1.82, 2.24) is 0 Å². The third kappa shape index (κ3) is 4.14. The van der Waals surface area contributed by atoms with Crippen LogP contribution in [0.3, 0.4) is 0 Å². The van der Waals surface area contributed by atoms with E-state index in [1.54, 1.807) is 12.1 Å². The Morgan fingerprint density at radius 2 is 1.83 bits per heavy atom. The number of rotatable bonds is 3. The first kappa shape index (κ1) is 16.9. The third-order valence-electron chi connectivity index (χ3n) is 4.99. The molecule has 1 heterocycles. The van der Waals surface area contributed by atoms with Crippen LogP contribution in [0, 0.1) is 17.7 Å². The Morgan fingerprint density at radius 3 is 2.43 bits per heavy atom. The maximum absolute atomic E-state index is 13.6. The molecule has 0 amide bonds. The van der Waals surface area contributed by atoms with Gasteiger partial charge < -0.3 is 9.47 Å². The van der Waals surface area contributed by atoms with Gasteiger partial charge in [-0.25, -0.2) is 4.39 Å². The van der Waals surface area contributed by atoms with Crippen molar-refractivity contribution in [2.45, 2.75) is 44.8 Å². The molecule has 23 heavy (non-hydrogen) atoms. The van der Waals surface area contributed by atoms with Crippen molar-refractivity contribution < 1.29 is 13.9 Å². The molecule has 0 bridgehead atoms. The Morgan fingerprint density at radius 1 is 1.13 bits per heavy atom. The zero-order valence-corrected chi connectivity index (χ0v) is 14.3. The van der Waals surface area contributed by atoms with Crippen LogP contribution in [0.5, 0.6) is 0 Å². The summed E-state index contributed by atoms with van der Waals surface area (Å²) in [6.45, 7) is 3.52. The first-order valence-corrected chi connectivity index (χ1v) is 8.86. The van der Waals surface area contributed by atoms with Gasteiger partial charge in [0, 0.05) is 11.8 Å². The molecule has 0 spiro atoms. The van der Waals surface area contributed by atoms with E-state index in [0.717, 1.165) is 44.5 Å². The summed E-state index contributed by atoms with van der Waals surface area (Å²) >= 11 is 5.77. The minimum atomic E-state index is -0.319. The molecule has 0 unspecified atom stereocenters. The summed E-state index contributed by atoms with van der Waals surface area (Å²) in [4.78, 5) is 0. The second kappa shape index (κ2) is 7.78. The summed E-state index contributed by atoms with van der Waals surface area (Å²) in [5.41, 5.74) is 1.06. The van der Waals surface area contributed by atoms with Gasteiger partial charge in [0.1, 0.15) is 5.82 Å². The molecule has 4 heteroatoms. The highest BCUT2D eigenvalue weighted by Crippen LogP contribution is 2.39. The van der Waals surface area contributed by atoms with Crippen LogP contribution in [0.1, 0.15) is 44.1 Å². The fourth-order valence-corrected chi connectivity index (χ4v) is 3.80. The van der Waals surface area contributed by atoms with Gasteiger partial charge in [0.05, 0.1) is 18.2 Å². The Hall–Kier alpha value is -0.900. The van der Waals surface area contributed by atoms with E-state index in [1.165, 1.54) is 0 Å². The van der Waals surface area contributed by atoms with Crippen LogP contribution >= 0.6 is 11.6 Å². The summed E-state index contributed by atoms with van der Waals surface area (Å²) in [5, 5.41) is 0.196. The smallest absolute Gasteiger partial charge is 0.160 e. The summed E-state index contributed by atoms with van der Waals surface area (Å²) in [6, 6.07) is 5.20. The number of hydrogen-bond acceptors (Lipinski definition) is 2. The standard InChI is InChI=1S/C19H24ClFO2/c1-2-3-13-11-22-19(23-12-13)15-6-4-14(5-7-15)16-8-9-17(20)18(21)10-16/h2-3,8-10,13-15,19H,4-7,11-12H2,1H3/t13-,14-,15-,19-. The molecule has 0 N–H and O–H groups in total. The largest absolute Gasteiger partial charge is 0.352 e.